The van der Waals surface area contributed by atoms with Crippen LogP contribution in [0.25, 0.3) is 0 Å². The van der Waals surface area contributed by atoms with Crippen molar-refractivity contribution in [2.75, 3.05) is 26.3 Å². The molecule has 0 saturated carbocycles. The maximum Gasteiger partial charge on any atom is 0.269 e. The molecule has 11 heteroatoms. The summed E-state index contributed by atoms with van der Waals surface area (Å²) < 4.78 is 31.9. The van der Waals surface area contributed by atoms with Gasteiger partial charge in [-0.25, -0.2) is 8.42 Å². The van der Waals surface area contributed by atoms with Gasteiger partial charge in [0.25, 0.3) is 11.8 Å². The summed E-state index contributed by atoms with van der Waals surface area (Å²) in [5.74, 6) is -1.27. The second-order valence-corrected chi connectivity index (χ2v) is 8.83. The standard InChI is InChI=1S/C18H17Cl2N3O5S/c19-15-5-4-13(11-16(15)20)18(25)22-21-17(24)12-2-1-3-14(10-12)29(26,27)23-6-8-28-9-7-23/h1-5,10-11H,6-9H2,(H,21,24)(H,22,25). The summed E-state index contributed by atoms with van der Waals surface area (Å²) in [5.41, 5.74) is 4.77. The molecule has 0 spiro atoms. The first-order valence-electron chi connectivity index (χ1n) is 8.53. The fraction of sp³-hybridized carbons (Fsp3) is 0.222. The number of morpholine rings is 1. The molecule has 154 valence electrons. The number of carbonyl (C=O) groups is 2. The summed E-state index contributed by atoms with van der Waals surface area (Å²) in [6, 6.07) is 9.84. The molecule has 2 amide bonds. The monoisotopic (exact) mass is 457 g/mol. The number of benzene rings is 2. The van der Waals surface area contributed by atoms with Gasteiger partial charge in [0.15, 0.2) is 0 Å². The van der Waals surface area contributed by atoms with Crippen LogP contribution in [0.4, 0.5) is 0 Å². The number of ether oxygens (including phenoxy) is 1. The van der Waals surface area contributed by atoms with Crippen molar-refractivity contribution in [2.45, 2.75) is 4.90 Å². The molecule has 0 radical (unpaired) electrons. The van der Waals surface area contributed by atoms with Gasteiger partial charge in [-0.15, -0.1) is 0 Å². The number of nitrogens with zero attached hydrogens (tertiary/aromatic N) is 1. The van der Waals surface area contributed by atoms with E-state index in [0.717, 1.165) is 0 Å². The quantitative estimate of drug-likeness (QED) is 0.683. The molecular weight excluding hydrogens is 441 g/mol. The van der Waals surface area contributed by atoms with Crippen LogP contribution in [0.15, 0.2) is 47.4 Å². The van der Waals surface area contributed by atoms with E-state index in [9.17, 15) is 18.0 Å². The van der Waals surface area contributed by atoms with Gasteiger partial charge in [-0.1, -0.05) is 29.3 Å². The van der Waals surface area contributed by atoms with Gasteiger partial charge in [0.1, 0.15) is 0 Å². The Labute approximate surface area is 177 Å². The van der Waals surface area contributed by atoms with Crippen LogP contribution in [-0.2, 0) is 14.8 Å². The van der Waals surface area contributed by atoms with Gasteiger partial charge >= 0.3 is 0 Å². The number of amides is 2. The molecule has 3 rings (SSSR count). The normalized spacial score (nSPS) is 15.0. The Kier molecular flexibility index (Phi) is 6.76. The minimum Gasteiger partial charge on any atom is -0.379 e. The third-order valence-electron chi connectivity index (χ3n) is 4.18. The van der Waals surface area contributed by atoms with Gasteiger partial charge in [0, 0.05) is 24.2 Å². The van der Waals surface area contributed by atoms with Crippen molar-refractivity contribution in [3.63, 3.8) is 0 Å². The molecule has 1 heterocycles. The van der Waals surface area contributed by atoms with Crippen molar-refractivity contribution >= 4 is 45.0 Å². The molecule has 2 N–H and O–H groups in total. The van der Waals surface area contributed by atoms with E-state index in [4.69, 9.17) is 27.9 Å². The first-order chi connectivity index (χ1) is 13.8. The van der Waals surface area contributed by atoms with Crippen LogP contribution in [0.3, 0.4) is 0 Å². The van der Waals surface area contributed by atoms with Crippen molar-refractivity contribution in [1.29, 1.82) is 0 Å². The fourth-order valence-corrected chi connectivity index (χ4v) is 4.38. The lowest BCUT2D eigenvalue weighted by Crippen LogP contribution is -2.42. The predicted octanol–water partition coefficient (Wildman–Crippen LogP) is 2.09. The van der Waals surface area contributed by atoms with E-state index in [-0.39, 0.29) is 34.1 Å². The molecule has 2 aromatic rings. The first kappa shape index (κ1) is 21.5. The van der Waals surface area contributed by atoms with Gasteiger partial charge in [-0.05, 0) is 36.4 Å². The van der Waals surface area contributed by atoms with E-state index in [1.807, 2.05) is 0 Å². The third-order valence-corrected chi connectivity index (χ3v) is 6.81. The summed E-state index contributed by atoms with van der Waals surface area (Å²) in [5, 5.41) is 0.497. The summed E-state index contributed by atoms with van der Waals surface area (Å²) in [4.78, 5) is 24.5. The molecule has 0 atom stereocenters. The van der Waals surface area contributed by atoms with Crippen molar-refractivity contribution in [3.05, 3.63) is 63.6 Å². The maximum absolute atomic E-state index is 12.7. The lowest BCUT2D eigenvalue weighted by molar-refractivity contribution is 0.0730. The van der Waals surface area contributed by atoms with Crippen LogP contribution in [0, 0.1) is 0 Å². The topological polar surface area (TPSA) is 105 Å². The van der Waals surface area contributed by atoms with Crippen molar-refractivity contribution < 1.29 is 22.7 Å². The van der Waals surface area contributed by atoms with Crippen LogP contribution < -0.4 is 10.9 Å². The Hall–Kier alpha value is -2.17. The molecule has 0 aromatic heterocycles. The number of rotatable bonds is 4. The van der Waals surface area contributed by atoms with Crippen LogP contribution >= 0.6 is 23.2 Å². The third kappa shape index (κ3) is 5.06. The van der Waals surface area contributed by atoms with E-state index in [1.54, 1.807) is 0 Å². The van der Waals surface area contributed by atoms with E-state index in [1.165, 1.54) is 46.8 Å². The van der Waals surface area contributed by atoms with Crippen molar-refractivity contribution in [2.24, 2.45) is 0 Å². The van der Waals surface area contributed by atoms with E-state index in [2.05, 4.69) is 10.9 Å². The molecule has 1 aliphatic heterocycles. The SMILES string of the molecule is O=C(NNC(=O)c1ccc(Cl)c(Cl)c1)c1cccc(S(=O)(=O)N2CCOCC2)c1. The molecule has 2 aromatic carbocycles. The lowest BCUT2D eigenvalue weighted by atomic mass is 10.2. The first-order valence-corrected chi connectivity index (χ1v) is 10.7. The van der Waals surface area contributed by atoms with E-state index in [0.29, 0.717) is 18.2 Å². The molecular formula is C18H17Cl2N3O5S. The number of halogens is 2. The Balaban J connectivity index is 1.69. The molecule has 1 aliphatic rings. The minimum atomic E-state index is -3.74. The smallest absolute Gasteiger partial charge is 0.269 e. The van der Waals surface area contributed by atoms with Crippen LogP contribution in [0.2, 0.25) is 10.0 Å². The van der Waals surface area contributed by atoms with Crippen LogP contribution in [-0.4, -0.2) is 50.8 Å². The second kappa shape index (κ2) is 9.10. The van der Waals surface area contributed by atoms with Gasteiger partial charge < -0.3 is 4.74 Å². The van der Waals surface area contributed by atoms with Gasteiger partial charge in [0.2, 0.25) is 10.0 Å². The molecule has 1 saturated heterocycles. The van der Waals surface area contributed by atoms with Gasteiger partial charge in [-0.3, -0.25) is 20.4 Å². The number of carbonyl (C=O) groups excluding carboxylic acids is 2. The summed E-state index contributed by atoms with van der Waals surface area (Å²) in [6.45, 7) is 1.14. The molecule has 0 unspecified atom stereocenters. The minimum absolute atomic E-state index is 0.0112. The number of hydrogen-bond acceptors (Lipinski definition) is 5. The average Bonchev–Trinajstić information content (AvgIpc) is 2.74. The molecule has 0 aliphatic carbocycles. The van der Waals surface area contributed by atoms with Crippen molar-refractivity contribution in [1.82, 2.24) is 15.2 Å². The fourth-order valence-electron chi connectivity index (χ4n) is 2.63. The summed E-state index contributed by atoms with van der Waals surface area (Å²) in [6.07, 6.45) is 0. The highest BCUT2D eigenvalue weighted by Gasteiger charge is 2.27. The summed E-state index contributed by atoms with van der Waals surface area (Å²) in [7, 11) is -3.74. The molecule has 8 nitrogen and oxygen atoms in total. The molecule has 1 fully saturated rings. The highest BCUT2D eigenvalue weighted by molar-refractivity contribution is 7.89. The average molecular weight is 458 g/mol. The molecule has 29 heavy (non-hydrogen) atoms. The Morgan fingerprint density at radius 2 is 1.52 bits per heavy atom. The number of hydrazine groups is 1. The Bertz CT molecular complexity index is 1040. The maximum atomic E-state index is 12.7. The number of hydrogen-bond donors (Lipinski definition) is 2. The molecule has 0 bridgehead atoms. The second-order valence-electron chi connectivity index (χ2n) is 6.08. The van der Waals surface area contributed by atoms with E-state index >= 15 is 0 Å². The highest BCUT2D eigenvalue weighted by atomic mass is 35.5. The van der Waals surface area contributed by atoms with Crippen molar-refractivity contribution in [3.8, 4) is 0 Å². The van der Waals surface area contributed by atoms with Gasteiger partial charge in [-0.2, -0.15) is 4.31 Å². The Morgan fingerprint density at radius 1 is 0.897 bits per heavy atom. The summed E-state index contributed by atoms with van der Waals surface area (Å²) >= 11 is 11.7. The van der Waals surface area contributed by atoms with Crippen LogP contribution in [0.1, 0.15) is 20.7 Å². The lowest BCUT2D eigenvalue weighted by Gasteiger charge is -2.26. The zero-order chi connectivity index (χ0) is 21.0. The number of nitrogens with one attached hydrogen (secondary N) is 2. The largest absolute Gasteiger partial charge is 0.379 e. The van der Waals surface area contributed by atoms with Gasteiger partial charge in [0.05, 0.1) is 28.2 Å². The van der Waals surface area contributed by atoms with E-state index < -0.39 is 21.8 Å². The van der Waals surface area contributed by atoms with Crippen LogP contribution in [0.5, 0.6) is 0 Å². The zero-order valence-electron chi connectivity index (χ0n) is 15.0. The number of sulfonamides is 1. The zero-order valence-corrected chi connectivity index (χ0v) is 17.4. The highest BCUT2D eigenvalue weighted by Crippen LogP contribution is 2.22. The Morgan fingerprint density at radius 3 is 2.14 bits per heavy atom. The predicted molar refractivity (Wildman–Crippen MR) is 107 cm³/mol.